The first-order valence-corrected chi connectivity index (χ1v) is 8.83. The Morgan fingerprint density at radius 2 is 1.96 bits per heavy atom. The van der Waals surface area contributed by atoms with E-state index in [0.29, 0.717) is 24.5 Å². The lowest BCUT2D eigenvalue weighted by Gasteiger charge is -2.22. The summed E-state index contributed by atoms with van der Waals surface area (Å²) in [4.78, 5) is 28.6. The Hall–Kier alpha value is -2.89. The summed E-state index contributed by atoms with van der Waals surface area (Å²) in [5.41, 5.74) is 2.55. The van der Waals surface area contributed by atoms with Crippen LogP contribution in [-0.4, -0.2) is 37.4 Å². The van der Waals surface area contributed by atoms with Crippen LogP contribution in [0.5, 0.6) is 5.75 Å². The van der Waals surface area contributed by atoms with Crippen LogP contribution in [0.3, 0.4) is 0 Å². The minimum absolute atomic E-state index is 0.0903. The van der Waals surface area contributed by atoms with Gasteiger partial charge in [0.25, 0.3) is 0 Å². The molecular weight excluding hydrogens is 347 g/mol. The number of benzene rings is 2. The van der Waals surface area contributed by atoms with Crippen LogP contribution in [0.15, 0.2) is 42.5 Å². The molecule has 0 bridgehead atoms. The SMILES string of the molecule is COc1ccc(C)cc1N1CC(C(=O)N(C)Cc2ccc(F)cc2)CC1=O. The van der Waals surface area contributed by atoms with E-state index in [1.54, 1.807) is 36.1 Å². The fourth-order valence-electron chi connectivity index (χ4n) is 3.37. The van der Waals surface area contributed by atoms with Crippen molar-refractivity contribution in [3.8, 4) is 5.75 Å². The zero-order valence-electron chi connectivity index (χ0n) is 15.7. The van der Waals surface area contributed by atoms with Gasteiger partial charge in [-0.15, -0.1) is 0 Å². The molecule has 142 valence electrons. The summed E-state index contributed by atoms with van der Waals surface area (Å²) in [6.45, 7) is 2.64. The summed E-state index contributed by atoms with van der Waals surface area (Å²) >= 11 is 0. The summed E-state index contributed by atoms with van der Waals surface area (Å²) in [5, 5.41) is 0. The lowest BCUT2D eigenvalue weighted by Crippen LogP contribution is -2.34. The molecule has 1 heterocycles. The Bertz CT molecular complexity index is 851. The fraction of sp³-hybridized carbons (Fsp3) is 0.333. The van der Waals surface area contributed by atoms with Crippen LogP contribution in [0.4, 0.5) is 10.1 Å². The molecule has 0 radical (unpaired) electrons. The Balaban J connectivity index is 1.72. The molecule has 0 spiro atoms. The van der Waals surface area contributed by atoms with Gasteiger partial charge in [-0.05, 0) is 42.3 Å². The van der Waals surface area contributed by atoms with Crippen molar-refractivity contribution < 1.29 is 18.7 Å². The molecule has 1 fully saturated rings. The molecule has 1 aliphatic heterocycles. The quantitative estimate of drug-likeness (QED) is 0.812. The first kappa shape index (κ1) is 18.9. The topological polar surface area (TPSA) is 49.9 Å². The molecule has 3 rings (SSSR count). The van der Waals surface area contributed by atoms with Gasteiger partial charge in [-0.3, -0.25) is 9.59 Å². The fourth-order valence-corrected chi connectivity index (χ4v) is 3.37. The highest BCUT2D eigenvalue weighted by Gasteiger charge is 2.37. The van der Waals surface area contributed by atoms with Crippen molar-refractivity contribution in [1.82, 2.24) is 4.90 Å². The third kappa shape index (κ3) is 4.10. The van der Waals surface area contributed by atoms with Gasteiger partial charge in [0, 0.05) is 26.6 Å². The van der Waals surface area contributed by atoms with E-state index in [0.717, 1.165) is 11.1 Å². The van der Waals surface area contributed by atoms with Crippen LogP contribution in [0, 0.1) is 18.7 Å². The molecule has 5 nitrogen and oxygen atoms in total. The van der Waals surface area contributed by atoms with E-state index >= 15 is 0 Å². The van der Waals surface area contributed by atoms with Gasteiger partial charge in [0.2, 0.25) is 11.8 Å². The van der Waals surface area contributed by atoms with Gasteiger partial charge >= 0.3 is 0 Å². The van der Waals surface area contributed by atoms with Gasteiger partial charge in [0.15, 0.2) is 0 Å². The Kier molecular flexibility index (Phi) is 5.44. The molecule has 2 aromatic carbocycles. The van der Waals surface area contributed by atoms with E-state index in [2.05, 4.69) is 0 Å². The van der Waals surface area contributed by atoms with Crippen molar-refractivity contribution in [3.05, 3.63) is 59.4 Å². The summed E-state index contributed by atoms with van der Waals surface area (Å²) in [5.74, 6) is -0.291. The van der Waals surface area contributed by atoms with E-state index in [-0.39, 0.29) is 24.1 Å². The summed E-state index contributed by atoms with van der Waals surface area (Å²) in [6, 6.07) is 11.7. The van der Waals surface area contributed by atoms with Crippen molar-refractivity contribution in [1.29, 1.82) is 0 Å². The molecule has 1 saturated heterocycles. The van der Waals surface area contributed by atoms with E-state index in [1.807, 2.05) is 25.1 Å². The van der Waals surface area contributed by atoms with Gasteiger partial charge in [-0.1, -0.05) is 18.2 Å². The van der Waals surface area contributed by atoms with Gasteiger partial charge in [-0.25, -0.2) is 4.39 Å². The van der Waals surface area contributed by atoms with Crippen molar-refractivity contribution in [2.75, 3.05) is 25.6 Å². The molecule has 0 N–H and O–H groups in total. The number of carbonyl (C=O) groups excluding carboxylic acids is 2. The van der Waals surface area contributed by atoms with Crippen molar-refractivity contribution in [2.24, 2.45) is 5.92 Å². The van der Waals surface area contributed by atoms with E-state index < -0.39 is 5.92 Å². The number of carbonyl (C=O) groups is 2. The highest BCUT2D eigenvalue weighted by molar-refractivity contribution is 6.01. The van der Waals surface area contributed by atoms with Crippen LogP contribution in [0.2, 0.25) is 0 Å². The number of rotatable bonds is 5. The Morgan fingerprint density at radius 3 is 2.63 bits per heavy atom. The number of hydrogen-bond donors (Lipinski definition) is 0. The molecule has 2 aromatic rings. The van der Waals surface area contributed by atoms with Crippen molar-refractivity contribution in [3.63, 3.8) is 0 Å². The van der Waals surface area contributed by atoms with E-state index in [1.165, 1.54) is 12.1 Å². The number of aryl methyl sites for hydroxylation is 1. The Morgan fingerprint density at radius 1 is 1.26 bits per heavy atom. The average Bonchev–Trinajstić information content (AvgIpc) is 3.04. The second-order valence-corrected chi connectivity index (χ2v) is 6.90. The maximum atomic E-state index is 13.0. The molecule has 0 aromatic heterocycles. The number of nitrogens with zero attached hydrogens (tertiary/aromatic N) is 2. The second-order valence-electron chi connectivity index (χ2n) is 6.90. The minimum atomic E-state index is -0.409. The number of ether oxygens (including phenoxy) is 1. The predicted molar refractivity (Wildman–Crippen MR) is 101 cm³/mol. The lowest BCUT2D eigenvalue weighted by atomic mass is 10.1. The Labute approximate surface area is 158 Å². The molecule has 1 unspecified atom stereocenters. The standard InChI is InChI=1S/C21H23FN2O3/c1-14-4-9-19(27-3)18(10-14)24-13-16(11-20(24)25)21(26)23(2)12-15-5-7-17(22)8-6-15/h4-10,16H,11-13H2,1-3H3. The van der Waals surface area contributed by atoms with Gasteiger partial charge in [0.05, 0.1) is 18.7 Å². The van der Waals surface area contributed by atoms with Crippen LogP contribution in [0.1, 0.15) is 17.5 Å². The van der Waals surface area contributed by atoms with Crippen LogP contribution in [-0.2, 0) is 16.1 Å². The summed E-state index contributed by atoms with van der Waals surface area (Å²) < 4.78 is 18.4. The lowest BCUT2D eigenvalue weighted by molar-refractivity contribution is -0.135. The monoisotopic (exact) mass is 370 g/mol. The summed E-state index contributed by atoms with van der Waals surface area (Å²) in [7, 11) is 3.26. The number of anilines is 1. The number of hydrogen-bond acceptors (Lipinski definition) is 3. The average molecular weight is 370 g/mol. The molecule has 0 saturated carbocycles. The molecule has 6 heteroatoms. The molecule has 2 amide bonds. The third-order valence-corrected chi connectivity index (χ3v) is 4.81. The number of amides is 2. The highest BCUT2D eigenvalue weighted by atomic mass is 19.1. The molecule has 27 heavy (non-hydrogen) atoms. The van der Waals surface area contributed by atoms with Gasteiger partial charge in [0.1, 0.15) is 11.6 Å². The first-order chi connectivity index (χ1) is 12.9. The first-order valence-electron chi connectivity index (χ1n) is 8.83. The molecular formula is C21H23FN2O3. The second kappa shape index (κ2) is 7.78. The summed E-state index contributed by atoms with van der Waals surface area (Å²) in [6.07, 6.45) is 0.170. The minimum Gasteiger partial charge on any atom is -0.495 e. The zero-order valence-corrected chi connectivity index (χ0v) is 15.7. The van der Waals surface area contributed by atoms with Crippen LogP contribution in [0.25, 0.3) is 0 Å². The largest absolute Gasteiger partial charge is 0.495 e. The van der Waals surface area contributed by atoms with Gasteiger partial charge < -0.3 is 14.5 Å². The van der Waals surface area contributed by atoms with Crippen molar-refractivity contribution in [2.45, 2.75) is 19.9 Å². The van der Waals surface area contributed by atoms with Gasteiger partial charge in [-0.2, -0.15) is 0 Å². The molecule has 1 aliphatic rings. The maximum Gasteiger partial charge on any atom is 0.228 e. The predicted octanol–water partition coefficient (Wildman–Crippen LogP) is 3.15. The van der Waals surface area contributed by atoms with Crippen LogP contribution >= 0.6 is 0 Å². The normalized spacial score (nSPS) is 16.5. The van der Waals surface area contributed by atoms with E-state index in [9.17, 15) is 14.0 Å². The molecule has 1 atom stereocenters. The highest BCUT2D eigenvalue weighted by Crippen LogP contribution is 2.34. The maximum absolute atomic E-state index is 13.0. The smallest absolute Gasteiger partial charge is 0.228 e. The van der Waals surface area contributed by atoms with Crippen molar-refractivity contribution >= 4 is 17.5 Å². The van der Waals surface area contributed by atoms with E-state index in [4.69, 9.17) is 4.74 Å². The number of methoxy groups -OCH3 is 1. The third-order valence-electron chi connectivity index (χ3n) is 4.81. The zero-order chi connectivity index (χ0) is 19.6. The van der Waals surface area contributed by atoms with Crippen LogP contribution < -0.4 is 9.64 Å². The molecule has 0 aliphatic carbocycles. The number of halogens is 1.